The fourth-order valence-corrected chi connectivity index (χ4v) is 13.0. The smallest absolute Gasteiger partial charge is 0.326 e. The summed E-state index contributed by atoms with van der Waals surface area (Å²) in [5.41, 5.74) is 11.8. The zero-order valence-corrected chi connectivity index (χ0v) is 53.0. The van der Waals surface area contributed by atoms with E-state index in [0.29, 0.717) is 43.5 Å². The lowest BCUT2D eigenvalue weighted by atomic mass is 9.85. The highest BCUT2D eigenvalue weighted by atomic mass is 127. The van der Waals surface area contributed by atoms with Crippen molar-refractivity contribution in [2.45, 2.75) is 205 Å². The first-order chi connectivity index (χ1) is 36.4. The number of nitrogens with one attached hydrogen (secondary N) is 5. The highest BCUT2D eigenvalue weighted by Crippen LogP contribution is 2.37. The Morgan fingerprint density at radius 3 is 1.55 bits per heavy atom. The van der Waals surface area contributed by atoms with Crippen LogP contribution in [0.3, 0.4) is 0 Å². The number of halogens is 4. The average molecular weight is 1530 g/mol. The van der Waals surface area contributed by atoms with E-state index in [1.807, 2.05) is 71.2 Å². The molecule has 0 bridgehead atoms. The van der Waals surface area contributed by atoms with Crippen LogP contribution in [0, 0.1) is 26.1 Å². The van der Waals surface area contributed by atoms with Crippen molar-refractivity contribution < 1.29 is 58.4 Å². The minimum atomic E-state index is -1.32. The number of hydrogen-bond donors (Lipinski definition) is 10. The van der Waals surface area contributed by atoms with E-state index < -0.39 is 90.1 Å². The Morgan fingerprint density at radius 1 is 0.610 bits per heavy atom. The molecule has 19 nitrogen and oxygen atoms in total. The standard InChI is InChI=1S/C54H79I4N7O12/c1-31(2)23-41(51(72)62-40(50(60)71)27-34-24-38(57)49(39(58)25-34)77-35-28-36(55)48(70)37(56)29-35)63-53(74)47(32(3)66)65-46(69)22-18-13-11-9-7-5-4-6-8-10-12-17-21-45(68)61-42(30-44(59)67)52(73)64-43(54(75)76)26-33-19-15-14-16-20-33/h24-25,28-29,31-33,40-43,47,66,70H,4-23,26-27,30H2,1-3H3,(H2,59,67)(H2,60,71)(H,61,68)(H,62,72)(H,63,74)(H,64,73)(H,65,69)(H,75,76)/t32?,40-,41-,42-,43-,47-/m0/s1. The quantitative estimate of drug-likeness (QED) is 0.0230. The van der Waals surface area contributed by atoms with E-state index in [9.17, 15) is 53.7 Å². The highest BCUT2D eigenvalue weighted by Gasteiger charge is 2.33. The average Bonchev–Trinajstić information content (AvgIpc) is 3.35. The molecular weight excluding hydrogens is 1450 g/mol. The second-order valence-electron chi connectivity index (χ2n) is 20.5. The molecule has 0 spiro atoms. The van der Waals surface area contributed by atoms with Gasteiger partial charge in [-0.2, -0.15) is 0 Å². The zero-order chi connectivity index (χ0) is 57.2. The molecule has 2 aromatic rings. The van der Waals surface area contributed by atoms with E-state index in [2.05, 4.69) is 71.8 Å². The fraction of sp³-hybridized carbons (Fsp3) is 0.630. The molecule has 6 atom stereocenters. The van der Waals surface area contributed by atoms with Crippen molar-refractivity contribution in [1.29, 1.82) is 0 Å². The van der Waals surface area contributed by atoms with Crippen molar-refractivity contribution in [3.05, 3.63) is 44.1 Å². The predicted molar refractivity (Wildman–Crippen MR) is 326 cm³/mol. The Labute approximate surface area is 507 Å². The van der Waals surface area contributed by atoms with E-state index in [1.165, 1.54) is 6.92 Å². The number of rotatable bonds is 36. The van der Waals surface area contributed by atoms with Crippen molar-refractivity contribution in [2.75, 3.05) is 0 Å². The van der Waals surface area contributed by atoms with Gasteiger partial charge in [0.25, 0.3) is 0 Å². The molecule has 77 heavy (non-hydrogen) atoms. The van der Waals surface area contributed by atoms with Gasteiger partial charge in [0.2, 0.25) is 41.4 Å². The van der Waals surface area contributed by atoms with Gasteiger partial charge in [0.05, 0.1) is 26.8 Å². The maximum absolute atomic E-state index is 13.7. The number of benzene rings is 2. The zero-order valence-electron chi connectivity index (χ0n) is 44.4. The van der Waals surface area contributed by atoms with Crippen LogP contribution in [0.2, 0.25) is 0 Å². The molecule has 12 N–H and O–H groups in total. The summed E-state index contributed by atoms with van der Waals surface area (Å²) in [7, 11) is 0. The third-order valence-corrected chi connectivity index (χ3v) is 16.6. The number of phenolic OH excluding ortho intramolecular Hbond substituents is 1. The SMILES string of the molecule is CC(C)C[C@H](NC(=O)[C@@H](NC(=O)CCCCCCCCCCCCCCC(=O)N[C@@H](CC(N)=O)C(=O)N[C@@H](CC1CCCCC1)C(=O)O)C(C)O)C(=O)N[C@@H](Cc1cc(I)c(Oc2cc(I)c(O)c(I)c2)c(I)c1)C(N)=O. The lowest BCUT2D eigenvalue weighted by Gasteiger charge is -2.27. The molecule has 0 radical (unpaired) electrons. The van der Waals surface area contributed by atoms with Gasteiger partial charge >= 0.3 is 5.97 Å². The Morgan fingerprint density at radius 2 is 1.08 bits per heavy atom. The first kappa shape index (κ1) is 68.0. The van der Waals surface area contributed by atoms with Gasteiger partial charge in [0, 0.05) is 19.3 Å². The normalized spacial score (nSPS) is 15.0. The van der Waals surface area contributed by atoms with Crippen LogP contribution in [-0.4, -0.2) is 99.0 Å². The summed E-state index contributed by atoms with van der Waals surface area (Å²) in [5.74, 6) is -4.14. The second kappa shape index (κ2) is 36.1. The number of carboxylic acids is 1. The lowest BCUT2D eigenvalue weighted by molar-refractivity contribution is -0.143. The molecule has 0 saturated heterocycles. The van der Waals surface area contributed by atoms with Gasteiger partial charge in [0.1, 0.15) is 41.7 Å². The molecule has 430 valence electrons. The highest BCUT2D eigenvalue weighted by molar-refractivity contribution is 14.1. The summed E-state index contributed by atoms with van der Waals surface area (Å²) in [6.45, 7) is 5.13. The largest absolute Gasteiger partial charge is 0.506 e. The summed E-state index contributed by atoms with van der Waals surface area (Å²) in [6.07, 6.45) is 15.2. The van der Waals surface area contributed by atoms with Crippen LogP contribution in [0.15, 0.2) is 24.3 Å². The van der Waals surface area contributed by atoms with Gasteiger partial charge in [-0.3, -0.25) is 33.6 Å². The molecule has 0 aromatic heterocycles. The topological polar surface area (TPSA) is 319 Å². The monoisotopic (exact) mass is 1530 g/mol. The van der Waals surface area contributed by atoms with Crippen molar-refractivity contribution in [2.24, 2.45) is 23.3 Å². The van der Waals surface area contributed by atoms with Gasteiger partial charge in [0.15, 0.2) is 5.75 Å². The van der Waals surface area contributed by atoms with Crippen LogP contribution in [0.1, 0.15) is 168 Å². The van der Waals surface area contributed by atoms with Gasteiger partial charge in [-0.25, -0.2) is 4.79 Å². The molecule has 1 fully saturated rings. The molecule has 3 rings (SSSR count). The lowest BCUT2D eigenvalue weighted by Crippen LogP contribution is -2.59. The Balaban J connectivity index is 1.34. The van der Waals surface area contributed by atoms with E-state index in [-0.39, 0.29) is 43.3 Å². The number of aliphatic hydroxyl groups excluding tert-OH is 1. The Bertz CT molecular complexity index is 2260. The minimum Gasteiger partial charge on any atom is -0.506 e. The number of unbranched alkanes of at least 4 members (excludes halogenated alkanes) is 11. The third-order valence-electron chi connectivity index (χ3n) is 13.3. The van der Waals surface area contributed by atoms with E-state index >= 15 is 0 Å². The number of aliphatic hydroxyl groups is 1. The minimum absolute atomic E-state index is 0.0555. The summed E-state index contributed by atoms with van der Waals surface area (Å²) in [4.78, 5) is 102. The summed E-state index contributed by atoms with van der Waals surface area (Å²) >= 11 is 8.32. The van der Waals surface area contributed by atoms with Crippen molar-refractivity contribution in [1.82, 2.24) is 26.6 Å². The molecule has 1 unspecified atom stereocenters. The van der Waals surface area contributed by atoms with Gasteiger partial charge in [-0.15, -0.1) is 0 Å². The summed E-state index contributed by atoms with van der Waals surface area (Å²) < 4.78 is 8.93. The van der Waals surface area contributed by atoms with Crippen LogP contribution in [-0.2, 0) is 44.8 Å². The number of primary amides is 2. The second-order valence-corrected chi connectivity index (χ2v) is 25.2. The summed E-state index contributed by atoms with van der Waals surface area (Å²) in [5, 5.41) is 43.6. The molecule has 1 saturated carbocycles. The Kier molecular flexibility index (Phi) is 31.9. The number of phenols is 1. The van der Waals surface area contributed by atoms with Crippen molar-refractivity contribution >= 4 is 138 Å². The van der Waals surface area contributed by atoms with Crippen molar-refractivity contribution in [3.63, 3.8) is 0 Å². The van der Waals surface area contributed by atoms with Gasteiger partial charge in [-0.1, -0.05) is 110 Å². The van der Waals surface area contributed by atoms with Crippen LogP contribution in [0.4, 0.5) is 0 Å². The first-order valence-electron chi connectivity index (χ1n) is 26.8. The Hall–Kier alpha value is -3.32. The number of carbonyl (C=O) groups excluding carboxylic acids is 7. The molecule has 2 aromatic carbocycles. The number of carboxylic acid groups (broad SMARTS) is 1. The molecule has 0 heterocycles. The molecule has 1 aliphatic carbocycles. The van der Waals surface area contributed by atoms with Crippen LogP contribution < -0.4 is 42.8 Å². The number of ether oxygens (including phenoxy) is 1. The molecule has 0 aliphatic heterocycles. The van der Waals surface area contributed by atoms with Crippen LogP contribution in [0.5, 0.6) is 17.2 Å². The molecular formula is C54H79I4N7O12. The number of nitrogens with two attached hydrogens (primary N) is 2. The third kappa shape index (κ3) is 26.2. The maximum Gasteiger partial charge on any atom is 0.326 e. The number of hydrogen-bond acceptors (Lipinski definition) is 11. The number of aromatic hydroxyl groups is 1. The van der Waals surface area contributed by atoms with Crippen LogP contribution in [0.25, 0.3) is 0 Å². The fourth-order valence-electron chi connectivity index (χ4n) is 9.16. The number of amides is 7. The molecule has 7 amide bonds. The van der Waals surface area contributed by atoms with Crippen LogP contribution >= 0.6 is 90.4 Å². The van der Waals surface area contributed by atoms with E-state index in [1.54, 1.807) is 12.1 Å². The van der Waals surface area contributed by atoms with E-state index in [0.717, 1.165) is 103 Å². The van der Waals surface area contributed by atoms with E-state index in [4.69, 9.17) is 16.2 Å². The van der Waals surface area contributed by atoms with Gasteiger partial charge < -0.3 is 58.1 Å². The van der Waals surface area contributed by atoms with Gasteiger partial charge in [-0.05, 0) is 165 Å². The molecule has 23 heteroatoms. The van der Waals surface area contributed by atoms with Crippen molar-refractivity contribution in [3.8, 4) is 17.2 Å². The first-order valence-corrected chi connectivity index (χ1v) is 31.1. The summed E-state index contributed by atoms with van der Waals surface area (Å²) in [6, 6.07) is 1.21. The molecule has 1 aliphatic rings. The maximum atomic E-state index is 13.7. The number of aliphatic carboxylic acids is 1. The predicted octanol–water partition coefficient (Wildman–Crippen LogP) is 7.87. The number of carbonyl (C=O) groups is 8.